The van der Waals surface area contributed by atoms with Gasteiger partial charge in [-0.15, -0.1) is 0 Å². The van der Waals surface area contributed by atoms with Crippen molar-refractivity contribution in [2.24, 2.45) is 11.7 Å². The Morgan fingerprint density at radius 1 is 1.59 bits per heavy atom. The zero-order valence-electron chi connectivity index (χ0n) is 9.73. The van der Waals surface area contributed by atoms with E-state index in [-0.39, 0.29) is 5.92 Å². The molecular weight excluding hydrogens is 228 g/mol. The van der Waals surface area contributed by atoms with E-state index in [0.717, 1.165) is 0 Å². The summed E-state index contributed by atoms with van der Waals surface area (Å²) in [4.78, 5) is 33.5. The molecule has 4 N–H and O–H groups in total. The van der Waals surface area contributed by atoms with Crippen molar-refractivity contribution >= 4 is 17.8 Å². The molecule has 0 aromatic carbocycles. The van der Waals surface area contributed by atoms with Gasteiger partial charge in [-0.05, 0) is 12.3 Å². The normalized spacial score (nSPS) is 28.1. The van der Waals surface area contributed by atoms with Gasteiger partial charge in [-0.2, -0.15) is 0 Å². The third-order valence-electron chi connectivity index (χ3n) is 2.94. The minimum atomic E-state index is -1.16. The Labute approximate surface area is 98.3 Å². The molecule has 7 heteroatoms. The molecule has 1 amide bonds. The monoisotopic (exact) mass is 244 g/mol. The predicted octanol–water partition coefficient (Wildman–Crippen LogP) is -1.14. The first kappa shape index (κ1) is 13.4. The highest BCUT2D eigenvalue weighted by Gasteiger charge is 2.60. The molecule has 1 aliphatic rings. The maximum Gasteiger partial charge on any atom is 0.331 e. The lowest BCUT2D eigenvalue weighted by Crippen LogP contribution is -2.52. The number of hydrogen-bond donors (Lipinski definition) is 3. The summed E-state index contributed by atoms with van der Waals surface area (Å²) in [6.45, 7) is 1.79. The highest BCUT2D eigenvalue weighted by atomic mass is 16.5. The number of carboxylic acid groups (broad SMARTS) is 1. The van der Waals surface area contributed by atoms with E-state index in [2.05, 4.69) is 10.1 Å². The SMILES string of the molecule is COC(=O)[C@]1(NC(=O)[C@@H](N)CC(=O)O)C[C@H]1C. The van der Waals surface area contributed by atoms with Crippen LogP contribution < -0.4 is 11.1 Å². The Morgan fingerprint density at radius 2 is 2.12 bits per heavy atom. The number of nitrogens with one attached hydrogen (secondary N) is 1. The molecule has 1 aliphatic carbocycles. The van der Waals surface area contributed by atoms with Crippen LogP contribution in [0.5, 0.6) is 0 Å². The molecule has 7 nitrogen and oxygen atoms in total. The number of nitrogens with two attached hydrogens (primary N) is 1. The van der Waals surface area contributed by atoms with E-state index in [1.54, 1.807) is 6.92 Å². The van der Waals surface area contributed by atoms with Gasteiger partial charge in [-0.1, -0.05) is 6.92 Å². The Bertz CT molecular complexity index is 357. The molecule has 3 atom stereocenters. The maximum absolute atomic E-state index is 11.6. The molecule has 0 unspecified atom stereocenters. The van der Waals surface area contributed by atoms with Gasteiger partial charge in [-0.3, -0.25) is 9.59 Å². The number of carboxylic acids is 1. The van der Waals surface area contributed by atoms with E-state index in [0.29, 0.717) is 6.42 Å². The molecule has 0 heterocycles. The third kappa shape index (κ3) is 2.73. The number of rotatable bonds is 5. The van der Waals surface area contributed by atoms with Gasteiger partial charge in [-0.25, -0.2) is 4.79 Å². The largest absolute Gasteiger partial charge is 0.481 e. The van der Waals surface area contributed by atoms with Crippen LogP contribution in [0.1, 0.15) is 19.8 Å². The van der Waals surface area contributed by atoms with E-state index < -0.39 is 35.8 Å². The number of carbonyl (C=O) groups excluding carboxylic acids is 2. The van der Waals surface area contributed by atoms with Crippen molar-refractivity contribution in [3.05, 3.63) is 0 Å². The summed E-state index contributed by atoms with van der Waals surface area (Å²) >= 11 is 0. The number of hydrogen-bond acceptors (Lipinski definition) is 5. The van der Waals surface area contributed by atoms with Crippen molar-refractivity contribution in [3.63, 3.8) is 0 Å². The van der Waals surface area contributed by atoms with Crippen LogP contribution in [0.2, 0.25) is 0 Å². The second-order valence-corrected chi connectivity index (χ2v) is 4.26. The molecule has 1 fully saturated rings. The molecule has 0 radical (unpaired) electrons. The van der Waals surface area contributed by atoms with E-state index in [1.165, 1.54) is 7.11 Å². The summed E-state index contributed by atoms with van der Waals surface area (Å²) in [5, 5.41) is 11.0. The predicted molar refractivity (Wildman–Crippen MR) is 56.9 cm³/mol. The first-order chi connectivity index (χ1) is 7.83. The average molecular weight is 244 g/mol. The fourth-order valence-corrected chi connectivity index (χ4v) is 1.71. The summed E-state index contributed by atoms with van der Waals surface area (Å²) in [7, 11) is 1.23. The summed E-state index contributed by atoms with van der Waals surface area (Å²) in [6, 6.07) is -1.16. The van der Waals surface area contributed by atoms with Crippen molar-refractivity contribution in [2.75, 3.05) is 7.11 Å². The van der Waals surface area contributed by atoms with Crippen molar-refractivity contribution in [1.29, 1.82) is 0 Å². The smallest absolute Gasteiger partial charge is 0.331 e. The number of methoxy groups -OCH3 is 1. The maximum atomic E-state index is 11.6. The first-order valence-electron chi connectivity index (χ1n) is 5.21. The first-order valence-corrected chi connectivity index (χ1v) is 5.21. The van der Waals surface area contributed by atoms with E-state index >= 15 is 0 Å². The van der Waals surface area contributed by atoms with E-state index in [9.17, 15) is 14.4 Å². The second kappa shape index (κ2) is 4.70. The lowest BCUT2D eigenvalue weighted by Gasteiger charge is -2.18. The number of esters is 1. The van der Waals surface area contributed by atoms with Crippen LogP contribution in [0.25, 0.3) is 0 Å². The number of carbonyl (C=O) groups is 3. The molecule has 1 saturated carbocycles. The van der Waals surface area contributed by atoms with Crippen molar-refractivity contribution < 1.29 is 24.2 Å². The van der Waals surface area contributed by atoms with Gasteiger partial charge in [0, 0.05) is 0 Å². The third-order valence-corrected chi connectivity index (χ3v) is 2.94. The van der Waals surface area contributed by atoms with Crippen LogP contribution in [0.4, 0.5) is 0 Å². The fraction of sp³-hybridized carbons (Fsp3) is 0.700. The second-order valence-electron chi connectivity index (χ2n) is 4.26. The standard InChI is InChI=1S/C10H16N2O5/c1-5-4-10(5,9(16)17-2)12-8(15)6(11)3-7(13)14/h5-6H,3-4,11H2,1-2H3,(H,12,15)(H,13,14)/t5-,6+,10+/m1/s1. The quantitative estimate of drug-likeness (QED) is 0.526. The molecule has 0 aromatic rings. The van der Waals surface area contributed by atoms with Crippen LogP contribution >= 0.6 is 0 Å². The molecule has 96 valence electrons. The minimum Gasteiger partial charge on any atom is -0.481 e. The topological polar surface area (TPSA) is 119 Å². The Hall–Kier alpha value is -1.63. The average Bonchev–Trinajstić information content (AvgIpc) is 2.88. The fourth-order valence-electron chi connectivity index (χ4n) is 1.71. The summed E-state index contributed by atoms with van der Waals surface area (Å²) in [5.41, 5.74) is 4.37. The van der Waals surface area contributed by atoms with Crippen LogP contribution in [0.3, 0.4) is 0 Å². The van der Waals surface area contributed by atoms with Gasteiger partial charge in [0.1, 0.15) is 5.54 Å². The van der Waals surface area contributed by atoms with Crippen LogP contribution in [0.15, 0.2) is 0 Å². The molecule has 0 saturated heterocycles. The highest BCUT2D eigenvalue weighted by molar-refractivity contribution is 5.94. The van der Waals surface area contributed by atoms with Gasteiger partial charge in [0.05, 0.1) is 19.6 Å². The molecule has 0 spiro atoms. The summed E-state index contributed by atoms with van der Waals surface area (Å²) in [5.74, 6) is -2.37. The number of ether oxygens (including phenoxy) is 1. The molecule has 0 aliphatic heterocycles. The van der Waals surface area contributed by atoms with Crippen molar-refractivity contribution in [3.8, 4) is 0 Å². The lowest BCUT2D eigenvalue weighted by atomic mass is 10.1. The zero-order valence-corrected chi connectivity index (χ0v) is 9.73. The number of amides is 1. The molecule has 1 rings (SSSR count). The Kier molecular flexibility index (Phi) is 3.72. The van der Waals surface area contributed by atoms with Gasteiger partial charge in [0.15, 0.2) is 0 Å². The van der Waals surface area contributed by atoms with Crippen LogP contribution in [-0.4, -0.2) is 41.6 Å². The lowest BCUT2D eigenvalue weighted by molar-refractivity contribution is -0.147. The van der Waals surface area contributed by atoms with Crippen molar-refractivity contribution in [1.82, 2.24) is 5.32 Å². The molecular formula is C10H16N2O5. The Morgan fingerprint density at radius 3 is 2.47 bits per heavy atom. The van der Waals surface area contributed by atoms with Crippen molar-refractivity contribution in [2.45, 2.75) is 31.3 Å². The molecule has 0 aromatic heterocycles. The minimum absolute atomic E-state index is 0.0315. The molecule has 0 bridgehead atoms. The highest BCUT2D eigenvalue weighted by Crippen LogP contribution is 2.43. The zero-order chi connectivity index (χ0) is 13.2. The summed E-state index contributed by atoms with van der Waals surface area (Å²) in [6.07, 6.45) is 0.00265. The Balaban J connectivity index is 2.61. The molecule has 17 heavy (non-hydrogen) atoms. The number of aliphatic carboxylic acids is 1. The van der Waals surface area contributed by atoms with Crippen LogP contribution in [-0.2, 0) is 19.1 Å². The van der Waals surface area contributed by atoms with Gasteiger partial charge in [0.25, 0.3) is 0 Å². The van der Waals surface area contributed by atoms with E-state index in [1.807, 2.05) is 0 Å². The van der Waals surface area contributed by atoms with Gasteiger partial charge in [0.2, 0.25) is 5.91 Å². The van der Waals surface area contributed by atoms with E-state index in [4.69, 9.17) is 10.8 Å². The van der Waals surface area contributed by atoms with Gasteiger partial charge < -0.3 is 20.9 Å². The van der Waals surface area contributed by atoms with Crippen LogP contribution in [0, 0.1) is 5.92 Å². The summed E-state index contributed by atoms with van der Waals surface area (Å²) < 4.78 is 4.60. The van der Waals surface area contributed by atoms with Gasteiger partial charge >= 0.3 is 11.9 Å².